The molecule has 18 heavy (non-hydrogen) atoms. The highest BCUT2D eigenvalue weighted by atomic mass is 16.5. The molecule has 0 aromatic rings. The first-order valence-corrected chi connectivity index (χ1v) is 7.29. The number of nitrogens with zero attached hydrogens (tertiary/aromatic N) is 1. The Hall–Kier alpha value is -0.610. The van der Waals surface area contributed by atoms with Crippen molar-refractivity contribution < 1.29 is 9.53 Å². The van der Waals surface area contributed by atoms with Crippen LogP contribution in [-0.4, -0.2) is 43.3 Å². The third-order valence-corrected chi connectivity index (χ3v) is 3.89. The Labute approximate surface area is 110 Å². The summed E-state index contributed by atoms with van der Waals surface area (Å²) < 4.78 is 5.59. The average molecular weight is 254 g/mol. The van der Waals surface area contributed by atoms with Gasteiger partial charge >= 0.3 is 0 Å². The Balaban J connectivity index is 1.78. The van der Waals surface area contributed by atoms with E-state index in [9.17, 15) is 4.79 Å². The number of hydrogen-bond acceptors (Lipinski definition) is 3. The first-order valence-electron chi connectivity index (χ1n) is 7.29. The highest BCUT2D eigenvalue weighted by molar-refractivity contribution is 5.80. The lowest BCUT2D eigenvalue weighted by molar-refractivity contribution is -0.129. The van der Waals surface area contributed by atoms with Crippen molar-refractivity contribution in [1.82, 2.24) is 10.2 Å². The number of ether oxygens (including phenoxy) is 1. The molecule has 1 aliphatic heterocycles. The maximum absolute atomic E-state index is 11.9. The summed E-state index contributed by atoms with van der Waals surface area (Å²) in [6.45, 7) is 6.97. The summed E-state index contributed by atoms with van der Waals surface area (Å²) in [6.07, 6.45) is 5.41. The zero-order chi connectivity index (χ0) is 13.0. The van der Waals surface area contributed by atoms with Crippen molar-refractivity contribution >= 4 is 5.91 Å². The van der Waals surface area contributed by atoms with Crippen molar-refractivity contribution in [3.63, 3.8) is 0 Å². The lowest BCUT2D eigenvalue weighted by Gasteiger charge is -2.29. The van der Waals surface area contributed by atoms with E-state index in [-0.39, 0.29) is 12.1 Å². The molecule has 0 bridgehead atoms. The Morgan fingerprint density at radius 3 is 2.78 bits per heavy atom. The van der Waals surface area contributed by atoms with Crippen molar-refractivity contribution in [1.29, 1.82) is 0 Å². The molecule has 1 amide bonds. The van der Waals surface area contributed by atoms with Gasteiger partial charge in [0, 0.05) is 13.2 Å². The van der Waals surface area contributed by atoms with Crippen molar-refractivity contribution in [2.75, 3.05) is 26.3 Å². The summed E-state index contributed by atoms with van der Waals surface area (Å²) in [6, 6.07) is 0. The highest BCUT2D eigenvalue weighted by Gasteiger charge is 2.36. The fraction of sp³-hybridized carbons (Fsp3) is 0.929. The second-order valence-electron chi connectivity index (χ2n) is 5.93. The molecule has 0 radical (unpaired) electrons. The monoisotopic (exact) mass is 254 g/mol. The van der Waals surface area contributed by atoms with Gasteiger partial charge in [0.05, 0.1) is 19.3 Å². The third-order valence-electron chi connectivity index (χ3n) is 3.89. The van der Waals surface area contributed by atoms with Crippen LogP contribution in [0, 0.1) is 11.8 Å². The summed E-state index contributed by atoms with van der Waals surface area (Å²) in [5.41, 5.74) is 0. The van der Waals surface area contributed by atoms with Crippen molar-refractivity contribution in [2.24, 2.45) is 11.8 Å². The molecule has 2 aliphatic rings. The van der Waals surface area contributed by atoms with Gasteiger partial charge in [-0.2, -0.15) is 0 Å². The molecule has 2 fully saturated rings. The van der Waals surface area contributed by atoms with Gasteiger partial charge in [0.2, 0.25) is 5.91 Å². The largest absolute Gasteiger partial charge is 0.379 e. The Morgan fingerprint density at radius 2 is 2.11 bits per heavy atom. The number of hydrogen-bond donors (Lipinski definition) is 1. The molecule has 1 N–H and O–H groups in total. The van der Waals surface area contributed by atoms with Gasteiger partial charge in [-0.05, 0) is 24.7 Å². The molecule has 4 heteroatoms. The predicted molar refractivity (Wildman–Crippen MR) is 71.1 cm³/mol. The maximum atomic E-state index is 11.9. The van der Waals surface area contributed by atoms with Crippen LogP contribution in [0.1, 0.15) is 39.5 Å². The molecule has 1 saturated carbocycles. The topological polar surface area (TPSA) is 41.6 Å². The molecule has 1 saturated heterocycles. The van der Waals surface area contributed by atoms with Gasteiger partial charge in [-0.3, -0.25) is 10.1 Å². The molecule has 1 aliphatic carbocycles. The molecule has 0 aromatic carbocycles. The van der Waals surface area contributed by atoms with Gasteiger partial charge in [0.25, 0.3) is 0 Å². The summed E-state index contributed by atoms with van der Waals surface area (Å²) in [4.78, 5) is 13.9. The highest BCUT2D eigenvalue weighted by Crippen LogP contribution is 2.30. The quantitative estimate of drug-likeness (QED) is 0.732. The molecule has 104 valence electrons. The van der Waals surface area contributed by atoms with Crippen LogP contribution in [0.5, 0.6) is 0 Å². The van der Waals surface area contributed by atoms with Gasteiger partial charge < -0.3 is 9.64 Å². The summed E-state index contributed by atoms with van der Waals surface area (Å²) in [5, 5.41) is 3.37. The molecular weight excluding hydrogens is 228 g/mol. The van der Waals surface area contributed by atoms with Crippen LogP contribution in [0.25, 0.3) is 0 Å². The van der Waals surface area contributed by atoms with E-state index in [1.807, 2.05) is 4.90 Å². The van der Waals surface area contributed by atoms with Gasteiger partial charge in [-0.25, -0.2) is 0 Å². The number of nitrogens with one attached hydrogen (secondary N) is 1. The fourth-order valence-electron chi connectivity index (χ4n) is 3.00. The van der Waals surface area contributed by atoms with Crippen LogP contribution in [0.15, 0.2) is 0 Å². The summed E-state index contributed by atoms with van der Waals surface area (Å²) in [5.74, 6) is 1.45. The summed E-state index contributed by atoms with van der Waals surface area (Å²) in [7, 11) is 0. The Morgan fingerprint density at radius 1 is 1.39 bits per heavy atom. The predicted octanol–water partition coefficient (Wildman–Crippen LogP) is 1.61. The first kappa shape index (κ1) is 13.8. The van der Waals surface area contributed by atoms with Gasteiger partial charge in [-0.1, -0.05) is 26.7 Å². The van der Waals surface area contributed by atoms with Gasteiger partial charge in [0.1, 0.15) is 0 Å². The second-order valence-corrected chi connectivity index (χ2v) is 5.93. The SMILES string of the molecule is CC(C)COCCN1C(=O)CNC1C1CCCC1. The number of rotatable bonds is 6. The van der Waals surface area contributed by atoms with Crippen LogP contribution in [-0.2, 0) is 9.53 Å². The van der Waals surface area contributed by atoms with Crippen molar-refractivity contribution in [2.45, 2.75) is 45.7 Å². The normalized spacial score (nSPS) is 25.6. The lowest BCUT2D eigenvalue weighted by atomic mass is 10.0. The zero-order valence-electron chi connectivity index (χ0n) is 11.7. The minimum Gasteiger partial charge on any atom is -0.379 e. The summed E-state index contributed by atoms with van der Waals surface area (Å²) >= 11 is 0. The van der Waals surface area contributed by atoms with Gasteiger partial charge in [-0.15, -0.1) is 0 Å². The maximum Gasteiger partial charge on any atom is 0.237 e. The van der Waals surface area contributed by atoms with Gasteiger partial charge in [0.15, 0.2) is 0 Å². The van der Waals surface area contributed by atoms with Crippen LogP contribution >= 0.6 is 0 Å². The van der Waals surface area contributed by atoms with E-state index in [1.165, 1.54) is 25.7 Å². The first-order chi connectivity index (χ1) is 8.68. The van der Waals surface area contributed by atoms with Crippen molar-refractivity contribution in [3.8, 4) is 0 Å². The second kappa shape index (κ2) is 6.53. The molecule has 4 nitrogen and oxygen atoms in total. The smallest absolute Gasteiger partial charge is 0.237 e. The van der Waals surface area contributed by atoms with E-state index < -0.39 is 0 Å². The number of carbonyl (C=O) groups is 1. The van der Waals surface area contributed by atoms with E-state index in [4.69, 9.17) is 4.74 Å². The van der Waals surface area contributed by atoms with E-state index in [2.05, 4.69) is 19.2 Å². The lowest BCUT2D eigenvalue weighted by Crippen LogP contribution is -2.44. The third kappa shape index (κ3) is 3.45. The van der Waals surface area contributed by atoms with Crippen LogP contribution in [0.4, 0.5) is 0 Å². The van der Waals surface area contributed by atoms with Crippen LogP contribution < -0.4 is 5.32 Å². The molecule has 0 aromatic heterocycles. The molecule has 0 spiro atoms. The van der Waals surface area contributed by atoms with E-state index in [0.717, 1.165) is 13.2 Å². The molecule has 1 heterocycles. The standard InChI is InChI=1S/C14H26N2O2/c1-11(2)10-18-8-7-16-13(17)9-15-14(16)12-5-3-4-6-12/h11-12,14-15H,3-10H2,1-2H3. The fourth-order valence-corrected chi connectivity index (χ4v) is 3.00. The molecule has 1 atom stereocenters. The van der Waals surface area contributed by atoms with E-state index in [0.29, 0.717) is 25.0 Å². The minimum atomic E-state index is 0.236. The van der Waals surface area contributed by atoms with E-state index >= 15 is 0 Å². The van der Waals surface area contributed by atoms with E-state index in [1.54, 1.807) is 0 Å². The van der Waals surface area contributed by atoms with Crippen LogP contribution in [0.3, 0.4) is 0 Å². The molecule has 1 unspecified atom stereocenters. The average Bonchev–Trinajstić information content (AvgIpc) is 2.94. The van der Waals surface area contributed by atoms with Crippen molar-refractivity contribution in [3.05, 3.63) is 0 Å². The Bertz CT molecular complexity index is 275. The number of carbonyl (C=O) groups excluding carboxylic acids is 1. The zero-order valence-corrected chi connectivity index (χ0v) is 11.7. The molecule has 2 rings (SSSR count). The van der Waals surface area contributed by atoms with Crippen LogP contribution in [0.2, 0.25) is 0 Å². The molecular formula is C14H26N2O2. The number of amides is 1. The minimum absolute atomic E-state index is 0.236. The Kier molecular flexibility index (Phi) is 5.01.